The number of nitrogens with zero attached hydrogens (tertiary/aromatic N) is 3. The van der Waals surface area contributed by atoms with Crippen LogP contribution in [0.1, 0.15) is 28.1 Å². The Morgan fingerprint density at radius 2 is 1.87 bits per heavy atom. The van der Waals surface area contributed by atoms with Gasteiger partial charge in [-0.2, -0.15) is 4.72 Å². The molecular formula is C25H32ClN5O6S2. The maximum Gasteiger partial charge on any atom is 0.261 e. The second-order valence-corrected chi connectivity index (χ2v) is 12.8. The van der Waals surface area contributed by atoms with Gasteiger partial charge in [-0.05, 0) is 43.2 Å². The van der Waals surface area contributed by atoms with Crippen molar-refractivity contribution >= 4 is 56.4 Å². The number of aliphatic hydroxyl groups excluding tert-OH is 1. The zero-order valence-electron chi connectivity index (χ0n) is 21.6. The van der Waals surface area contributed by atoms with Crippen molar-refractivity contribution in [2.45, 2.75) is 30.7 Å². The molecule has 1 aromatic heterocycles. The fraction of sp³-hybridized carbons (Fsp3) is 0.480. The quantitative estimate of drug-likeness (QED) is 0.372. The standard InChI is InChI=1S/C25H32ClN5O6S2/c1-17-19(31-9-3-6-23(31)33)4-2-5-21(17)39(36,37)28-18(16-27-24(34)20-7-8-22(26)38-20)25(35)30-12-10-29(11-13-30)14-15-32/h2,4-5,7-8,18,28,32H,3,6,9-16H2,1H3,(H,27,34)/t18-/m0/s1. The molecule has 11 nitrogen and oxygen atoms in total. The Labute approximate surface area is 236 Å². The van der Waals surface area contributed by atoms with Crippen LogP contribution in [0.4, 0.5) is 5.69 Å². The SMILES string of the molecule is Cc1c(N2CCCC2=O)cccc1S(=O)(=O)N[C@@H](CNC(=O)c1ccc(Cl)s1)C(=O)N1CCN(CCO)CC1. The molecule has 0 aliphatic carbocycles. The highest BCUT2D eigenvalue weighted by atomic mass is 35.5. The summed E-state index contributed by atoms with van der Waals surface area (Å²) in [4.78, 5) is 44.0. The van der Waals surface area contributed by atoms with E-state index in [9.17, 15) is 27.9 Å². The summed E-state index contributed by atoms with van der Waals surface area (Å²) in [5, 5.41) is 11.8. The molecule has 0 unspecified atom stereocenters. The average molecular weight is 598 g/mol. The summed E-state index contributed by atoms with van der Waals surface area (Å²) < 4.78 is 30.2. The zero-order chi connectivity index (χ0) is 28.2. The maximum absolute atomic E-state index is 13.6. The highest BCUT2D eigenvalue weighted by Gasteiger charge is 2.33. The molecule has 0 spiro atoms. The maximum atomic E-state index is 13.6. The number of halogens is 1. The van der Waals surface area contributed by atoms with E-state index < -0.39 is 27.9 Å². The number of β-amino-alcohol motifs (C(OH)–C–C–N with tert-alkyl or cyclic N) is 1. The summed E-state index contributed by atoms with van der Waals surface area (Å²) in [5.41, 5.74) is 0.924. The summed E-state index contributed by atoms with van der Waals surface area (Å²) in [6.07, 6.45) is 1.11. The Bertz CT molecular complexity index is 1330. The Balaban J connectivity index is 1.55. The minimum absolute atomic E-state index is 0.0105. The fourth-order valence-electron chi connectivity index (χ4n) is 4.79. The lowest BCUT2D eigenvalue weighted by Gasteiger charge is -2.36. The van der Waals surface area contributed by atoms with Crippen molar-refractivity contribution < 1.29 is 27.9 Å². The second kappa shape index (κ2) is 12.7. The number of amides is 3. The van der Waals surface area contributed by atoms with Crippen LogP contribution in [-0.2, 0) is 19.6 Å². The number of thiophene rings is 1. The number of carbonyl (C=O) groups is 3. The number of sulfonamides is 1. The molecule has 3 N–H and O–H groups in total. The molecule has 0 bridgehead atoms. The van der Waals surface area contributed by atoms with Crippen LogP contribution in [0.2, 0.25) is 4.34 Å². The van der Waals surface area contributed by atoms with Crippen molar-refractivity contribution in [3.63, 3.8) is 0 Å². The minimum Gasteiger partial charge on any atom is -0.395 e. The van der Waals surface area contributed by atoms with E-state index in [0.717, 1.165) is 11.3 Å². The number of benzene rings is 1. The first kappa shape index (κ1) is 29.4. The van der Waals surface area contributed by atoms with Crippen LogP contribution < -0.4 is 14.9 Å². The molecule has 2 aliphatic rings. The van der Waals surface area contributed by atoms with Crippen molar-refractivity contribution in [3.05, 3.63) is 45.1 Å². The molecule has 4 rings (SSSR count). The van der Waals surface area contributed by atoms with Crippen molar-refractivity contribution in [3.8, 4) is 0 Å². The van der Waals surface area contributed by atoms with Gasteiger partial charge in [0.2, 0.25) is 21.8 Å². The first-order valence-electron chi connectivity index (χ1n) is 12.7. The molecule has 2 aromatic rings. The van der Waals surface area contributed by atoms with Crippen LogP contribution in [0, 0.1) is 6.92 Å². The topological polar surface area (TPSA) is 139 Å². The molecule has 0 saturated carbocycles. The van der Waals surface area contributed by atoms with Crippen LogP contribution in [0.15, 0.2) is 35.2 Å². The van der Waals surface area contributed by atoms with Gasteiger partial charge in [0.1, 0.15) is 6.04 Å². The largest absolute Gasteiger partial charge is 0.395 e. The lowest BCUT2D eigenvalue weighted by atomic mass is 10.2. The third-order valence-electron chi connectivity index (χ3n) is 6.87. The first-order valence-corrected chi connectivity index (χ1v) is 15.4. The van der Waals surface area contributed by atoms with Gasteiger partial charge in [0.05, 0.1) is 20.7 Å². The van der Waals surface area contributed by atoms with Crippen molar-refractivity contribution in [2.75, 3.05) is 57.3 Å². The summed E-state index contributed by atoms with van der Waals surface area (Å²) in [6, 6.07) is 6.58. The van der Waals surface area contributed by atoms with E-state index in [1.165, 1.54) is 6.07 Å². The molecule has 1 atom stereocenters. The lowest BCUT2D eigenvalue weighted by molar-refractivity contribution is -0.134. The number of hydrogen-bond acceptors (Lipinski definition) is 8. The van der Waals surface area contributed by atoms with Crippen LogP contribution in [0.5, 0.6) is 0 Å². The molecule has 1 aromatic carbocycles. The smallest absolute Gasteiger partial charge is 0.261 e. The number of carbonyl (C=O) groups excluding carboxylic acids is 3. The van der Waals surface area contributed by atoms with E-state index >= 15 is 0 Å². The molecule has 0 radical (unpaired) electrons. The third-order valence-corrected chi connectivity index (χ3v) is 9.71. The summed E-state index contributed by atoms with van der Waals surface area (Å²) >= 11 is 7.01. The van der Waals surface area contributed by atoms with E-state index in [2.05, 4.69) is 10.0 Å². The van der Waals surface area contributed by atoms with E-state index in [4.69, 9.17) is 11.6 Å². The predicted molar refractivity (Wildman–Crippen MR) is 149 cm³/mol. The van der Waals surface area contributed by atoms with Crippen molar-refractivity contribution in [2.24, 2.45) is 0 Å². The van der Waals surface area contributed by atoms with Crippen molar-refractivity contribution in [1.82, 2.24) is 19.8 Å². The Morgan fingerprint density at radius 3 is 2.49 bits per heavy atom. The molecule has 2 saturated heterocycles. The highest BCUT2D eigenvalue weighted by molar-refractivity contribution is 7.89. The van der Waals surface area contributed by atoms with Gasteiger partial charge in [-0.3, -0.25) is 19.3 Å². The molecule has 39 heavy (non-hydrogen) atoms. The Hall–Kier alpha value is -2.55. The van der Waals surface area contributed by atoms with E-state index in [-0.39, 0.29) is 24.0 Å². The van der Waals surface area contributed by atoms with Crippen LogP contribution in [-0.4, -0.2) is 99.5 Å². The Kier molecular flexibility index (Phi) is 9.62. The molecule has 3 amide bonds. The molecule has 212 valence electrons. The van der Waals surface area contributed by atoms with Crippen LogP contribution in [0.3, 0.4) is 0 Å². The molecule has 2 fully saturated rings. The third kappa shape index (κ3) is 6.97. The van der Waals surface area contributed by atoms with Gasteiger partial charge in [-0.25, -0.2) is 8.42 Å². The fourth-order valence-corrected chi connectivity index (χ4v) is 7.20. The first-order chi connectivity index (χ1) is 18.6. The lowest BCUT2D eigenvalue weighted by Crippen LogP contribution is -2.57. The molecular weight excluding hydrogens is 566 g/mol. The van der Waals surface area contributed by atoms with E-state index in [1.807, 2.05) is 4.90 Å². The van der Waals surface area contributed by atoms with Gasteiger partial charge >= 0.3 is 0 Å². The predicted octanol–water partition coefficient (Wildman–Crippen LogP) is 1.05. The van der Waals surface area contributed by atoms with Crippen LogP contribution in [0.25, 0.3) is 0 Å². The van der Waals surface area contributed by atoms with Gasteiger partial charge in [0, 0.05) is 57.9 Å². The number of hydrogen-bond donors (Lipinski definition) is 3. The van der Waals surface area contributed by atoms with Gasteiger partial charge in [-0.1, -0.05) is 17.7 Å². The summed E-state index contributed by atoms with van der Waals surface area (Å²) in [5.74, 6) is -0.997. The highest BCUT2D eigenvalue weighted by Crippen LogP contribution is 2.29. The van der Waals surface area contributed by atoms with Gasteiger partial charge in [0.15, 0.2) is 0 Å². The minimum atomic E-state index is -4.22. The second-order valence-electron chi connectivity index (χ2n) is 9.43. The Morgan fingerprint density at radius 1 is 1.13 bits per heavy atom. The number of anilines is 1. The van der Waals surface area contributed by atoms with E-state index in [1.54, 1.807) is 41.0 Å². The van der Waals surface area contributed by atoms with Crippen molar-refractivity contribution in [1.29, 1.82) is 0 Å². The molecule has 2 aliphatic heterocycles. The average Bonchev–Trinajstić information content (AvgIpc) is 3.54. The molecule has 3 heterocycles. The number of aliphatic hydroxyl groups is 1. The van der Waals surface area contributed by atoms with Gasteiger partial charge < -0.3 is 20.2 Å². The zero-order valence-corrected chi connectivity index (χ0v) is 23.9. The van der Waals surface area contributed by atoms with Gasteiger partial charge in [-0.15, -0.1) is 11.3 Å². The van der Waals surface area contributed by atoms with Gasteiger partial charge in [0.25, 0.3) is 5.91 Å². The number of piperazine rings is 1. The molecule has 14 heteroatoms. The summed E-state index contributed by atoms with van der Waals surface area (Å²) in [7, 11) is -4.22. The monoisotopic (exact) mass is 597 g/mol. The number of rotatable bonds is 10. The van der Waals surface area contributed by atoms with Crippen LogP contribution >= 0.6 is 22.9 Å². The number of nitrogens with one attached hydrogen (secondary N) is 2. The normalized spacial score (nSPS) is 17.5. The van der Waals surface area contributed by atoms with E-state index in [0.29, 0.717) is 72.6 Å². The summed E-state index contributed by atoms with van der Waals surface area (Å²) in [6.45, 7) is 4.17.